The van der Waals surface area contributed by atoms with E-state index in [9.17, 15) is 14.9 Å². The molecule has 4 aliphatic rings. The molecule has 174 valence electrons. The van der Waals surface area contributed by atoms with Crippen LogP contribution in [-0.4, -0.2) is 60.6 Å². The third kappa shape index (κ3) is 3.39. The first kappa shape index (κ1) is 21.0. The van der Waals surface area contributed by atoms with Crippen molar-refractivity contribution in [3.63, 3.8) is 0 Å². The van der Waals surface area contributed by atoms with Gasteiger partial charge in [-0.05, 0) is 79.4 Å². The molecule has 2 N–H and O–H groups in total. The number of nitriles is 1. The Hall–Kier alpha value is -3.57. The van der Waals surface area contributed by atoms with Crippen molar-refractivity contribution in [1.29, 1.82) is 5.26 Å². The third-order valence-electron chi connectivity index (χ3n) is 7.90. The van der Waals surface area contributed by atoms with Crippen LogP contribution >= 0.6 is 0 Å². The molecular formula is C26H27N5O3. The summed E-state index contributed by atoms with van der Waals surface area (Å²) in [5, 5.41) is 15.2. The van der Waals surface area contributed by atoms with Crippen molar-refractivity contribution in [2.75, 3.05) is 38.1 Å². The smallest absolute Gasteiger partial charge is 0.318 e. The van der Waals surface area contributed by atoms with Gasteiger partial charge in [0.2, 0.25) is 5.91 Å². The van der Waals surface area contributed by atoms with E-state index in [2.05, 4.69) is 33.7 Å². The van der Waals surface area contributed by atoms with Crippen molar-refractivity contribution in [1.82, 2.24) is 15.1 Å². The van der Waals surface area contributed by atoms with E-state index in [1.165, 1.54) is 11.1 Å². The van der Waals surface area contributed by atoms with Gasteiger partial charge in [0.25, 0.3) is 0 Å². The SMILES string of the molecule is N#Cc1ccc2c(c1)C1(CCN(CCOc3ccc4c(c3)CC3CNC(=O)N3C4)CC1)C(=O)N2. The molecule has 4 aliphatic heterocycles. The van der Waals surface area contributed by atoms with Crippen LogP contribution in [0.1, 0.15) is 35.1 Å². The van der Waals surface area contributed by atoms with Gasteiger partial charge in [-0.25, -0.2) is 4.79 Å². The zero-order chi connectivity index (χ0) is 23.3. The molecule has 0 aliphatic carbocycles. The number of likely N-dealkylation sites (tertiary alicyclic amines) is 1. The molecule has 8 nitrogen and oxygen atoms in total. The van der Waals surface area contributed by atoms with Crippen LogP contribution in [-0.2, 0) is 23.2 Å². The molecule has 3 amide bonds. The average Bonchev–Trinajstić information content (AvgIpc) is 3.35. The molecule has 1 spiro atoms. The van der Waals surface area contributed by atoms with Crippen molar-refractivity contribution in [2.24, 2.45) is 0 Å². The number of hydrogen-bond donors (Lipinski definition) is 2. The number of piperidine rings is 1. The minimum Gasteiger partial charge on any atom is -0.492 e. The monoisotopic (exact) mass is 457 g/mol. The topological polar surface area (TPSA) is 97.7 Å². The Morgan fingerprint density at radius 3 is 2.79 bits per heavy atom. The Morgan fingerprint density at radius 1 is 1.12 bits per heavy atom. The lowest BCUT2D eigenvalue weighted by Crippen LogP contribution is -2.47. The standard InChI is InChI=1S/C26H27N5O3/c27-14-17-1-4-23-22(11-17)26(24(32)29-23)5-7-30(8-6-26)9-10-34-21-3-2-18-16-31-20(12-19(18)13-21)15-28-25(31)33/h1-4,11,13,20H,5-10,12,15-16H2,(H,28,33)(H,29,32). The van der Waals surface area contributed by atoms with Crippen LogP contribution in [0, 0.1) is 11.3 Å². The molecule has 2 aromatic rings. The first-order chi connectivity index (χ1) is 16.6. The van der Waals surface area contributed by atoms with Crippen LogP contribution in [0.15, 0.2) is 36.4 Å². The molecule has 0 radical (unpaired) electrons. The van der Waals surface area contributed by atoms with E-state index in [1.807, 2.05) is 23.1 Å². The van der Waals surface area contributed by atoms with Gasteiger partial charge in [0.15, 0.2) is 0 Å². The number of carbonyl (C=O) groups excluding carboxylic acids is 2. The van der Waals surface area contributed by atoms with Crippen LogP contribution in [0.3, 0.4) is 0 Å². The van der Waals surface area contributed by atoms with Gasteiger partial charge in [0, 0.05) is 25.3 Å². The van der Waals surface area contributed by atoms with Crippen LogP contribution < -0.4 is 15.4 Å². The second-order valence-electron chi connectivity index (χ2n) is 9.70. The Balaban J connectivity index is 1.05. The van der Waals surface area contributed by atoms with Gasteiger partial charge in [0.05, 0.1) is 23.1 Å². The van der Waals surface area contributed by atoms with E-state index in [-0.39, 0.29) is 18.0 Å². The Labute approximate surface area is 198 Å². The maximum atomic E-state index is 12.9. The van der Waals surface area contributed by atoms with Crippen molar-refractivity contribution >= 4 is 17.6 Å². The highest BCUT2D eigenvalue weighted by molar-refractivity contribution is 6.06. The van der Waals surface area contributed by atoms with Gasteiger partial charge in [-0.1, -0.05) is 6.07 Å². The Bertz CT molecular complexity index is 1210. The number of carbonyl (C=O) groups is 2. The summed E-state index contributed by atoms with van der Waals surface area (Å²) in [6, 6.07) is 14.1. The van der Waals surface area contributed by atoms with E-state index < -0.39 is 5.41 Å². The number of rotatable bonds is 4. The predicted molar refractivity (Wildman–Crippen MR) is 126 cm³/mol. The highest BCUT2D eigenvalue weighted by Crippen LogP contribution is 2.45. The number of benzene rings is 2. The summed E-state index contributed by atoms with van der Waals surface area (Å²) < 4.78 is 6.08. The first-order valence-electron chi connectivity index (χ1n) is 11.9. The highest BCUT2D eigenvalue weighted by atomic mass is 16.5. The number of hydrogen-bond acceptors (Lipinski definition) is 5. The largest absolute Gasteiger partial charge is 0.492 e. The van der Waals surface area contributed by atoms with E-state index in [1.54, 1.807) is 6.07 Å². The molecule has 1 atom stereocenters. The average molecular weight is 458 g/mol. The molecule has 2 aromatic carbocycles. The van der Waals surface area contributed by atoms with Crippen molar-refractivity contribution < 1.29 is 14.3 Å². The van der Waals surface area contributed by atoms with E-state index in [0.717, 1.165) is 55.9 Å². The van der Waals surface area contributed by atoms with E-state index >= 15 is 0 Å². The van der Waals surface area contributed by atoms with E-state index in [4.69, 9.17) is 4.74 Å². The molecule has 1 unspecified atom stereocenters. The molecule has 4 heterocycles. The lowest BCUT2D eigenvalue weighted by Gasteiger charge is -2.38. The van der Waals surface area contributed by atoms with Gasteiger partial charge in [-0.15, -0.1) is 0 Å². The summed E-state index contributed by atoms with van der Waals surface area (Å²) in [6.07, 6.45) is 2.34. The fourth-order valence-corrected chi connectivity index (χ4v) is 5.87. The second kappa shape index (κ2) is 8.03. The van der Waals surface area contributed by atoms with Crippen molar-refractivity contribution in [2.45, 2.75) is 37.3 Å². The minimum absolute atomic E-state index is 0.0309. The molecule has 0 bridgehead atoms. The zero-order valence-corrected chi connectivity index (χ0v) is 19.0. The zero-order valence-electron chi connectivity index (χ0n) is 19.0. The number of ether oxygens (including phenoxy) is 1. The lowest BCUT2D eigenvalue weighted by molar-refractivity contribution is -0.122. The third-order valence-corrected chi connectivity index (χ3v) is 7.90. The molecule has 2 fully saturated rings. The number of nitrogens with zero attached hydrogens (tertiary/aromatic N) is 3. The summed E-state index contributed by atoms with van der Waals surface area (Å²) in [4.78, 5) is 29.0. The van der Waals surface area contributed by atoms with Crippen LogP contribution in [0.25, 0.3) is 0 Å². The molecule has 6 rings (SSSR count). The maximum Gasteiger partial charge on any atom is 0.318 e. The van der Waals surface area contributed by atoms with Gasteiger partial charge in [0.1, 0.15) is 12.4 Å². The van der Waals surface area contributed by atoms with Gasteiger partial charge < -0.3 is 20.3 Å². The van der Waals surface area contributed by atoms with Gasteiger partial charge >= 0.3 is 6.03 Å². The molecule has 2 saturated heterocycles. The second-order valence-corrected chi connectivity index (χ2v) is 9.70. The number of amides is 3. The van der Waals surface area contributed by atoms with Gasteiger partial charge in [-0.3, -0.25) is 9.69 Å². The fourth-order valence-electron chi connectivity index (χ4n) is 5.87. The number of nitrogens with one attached hydrogen (secondary N) is 2. The number of fused-ring (bicyclic) bond motifs is 4. The lowest BCUT2D eigenvalue weighted by atomic mass is 9.73. The van der Waals surface area contributed by atoms with Crippen LogP contribution in [0.5, 0.6) is 5.75 Å². The van der Waals surface area contributed by atoms with Crippen LogP contribution in [0.4, 0.5) is 10.5 Å². The number of anilines is 1. The molecule has 34 heavy (non-hydrogen) atoms. The summed E-state index contributed by atoms with van der Waals surface area (Å²) in [6.45, 7) is 4.39. The molecular weight excluding hydrogens is 430 g/mol. The minimum atomic E-state index is -0.525. The first-order valence-corrected chi connectivity index (χ1v) is 11.9. The summed E-state index contributed by atoms with van der Waals surface area (Å²) >= 11 is 0. The molecule has 0 saturated carbocycles. The maximum absolute atomic E-state index is 12.9. The van der Waals surface area contributed by atoms with Crippen molar-refractivity contribution in [3.05, 3.63) is 58.7 Å². The molecule has 8 heteroatoms. The predicted octanol–water partition coefficient (Wildman–Crippen LogP) is 2.37. The fraction of sp³-hybridized carbons (Fsp3) is 0.423. The summed E-state index contributed by atoms with van der Waals surface area (Å²) in [7, 11) is 0. The summed E-state index contributed by atoms with van der Waals surface area (Å²) in [5.41, 5.74) is 4.34. The van der Waals surface area contributed by atoms with Crippen LogP contribution in [0.2, 0.25) is 0 Å². The Morgan fingerprint density at radius 2 is 1.97 bits per heavy atom. The molecule has 0 aromatic heterocycles. The Kier molecular flexibility index (Phi) is 4.96. The highest BCUT2D eigenvalue weighted by Gasteiger charge is 2.48. The van der Waals surface area contributed by atoms with Gasteiger partial charge in [-0.2, -0.15) is 5.26 Å². The summed E-state index contributed by atoms with van der Waals surface area (Å²) in [5.74, 6) is 0.923. The van der Waals surface area contributed by atoms with E-state index in [0.29, 0.717) is 25.3 Å². The van der Waals surface area contributed by atoms with Crippen molar-refractivity contribution in [3.8, 4) is 11.8 Å². The quantitative estimate of drug-likeness (QED) is 0.735. The normalized spacial score (nSPS) is 22.4. The number of urea groups is 1.